The molecule has 1 aliphatic heterocycles. The molecule has 1 rings (SSSR count). The molecule has 1 heterocycles. The van der Waals surface area contributed by atoms with E-state index in [9.17, 15) is 9.59 Å². The van der Waals surface area contributed by atoms with Gasteiger partial charge in [0.1, 0.15) is 0 Å². The molecule has 1 atom stereocenters. The van der Waals surface area contributed by atoms with E-state index in [2.05, 4.69) is 12.2 Å². The number of nitrogens with zero attached hydrogens (tertiary/aromatic N) is 1. The van der Waals surface area contributed by atoms with E-state index in [1.54, 1.807) is 0 Å². The van der Waals surface area contributed by atoms with Gasteiger partial charge < -0.3 is 15.3 Å². The Kier molecular flexibility index (Phi) is 8.87. The van der Waals surface area contributed by atoms with E-state index in [1.165, 1.54) is 12.8 Å². The predicted octanol–water partition coefficient (Wildman–Crippen LogP) is 3.39. The van der Waals surface area contributed by atoms with Crippen molar-refractivity contribution in [3.63, 3.8) is 0 Å². The van der Waals surface area contributed by atoms with Crippen LogP contribution in [0.3, 0.4) is 0 Å². The first-order valence-electron chi connectivity index (χ1n) is 8.41. The molecule has 0 aliphatic carbocycles. The number of carbonyl (C=O) groups excluding carboxylic acids is 1. The van der Waals surface area contributed by atoms with Gasteiger partial charge in [-0.15, -0.1) is 0 Å². The number of hydrogen-bond acceptors (Lipinski definition) is 2. The van der Waals surface area contributed by atoms with Gasteiger partial charge in [0.15, 0.2) is 0 Å². The van der Waals surface area contributed by atoms with Crippen molar-refractivity contribution in [2.24, 2.45) is 0 Å². The monoisotopic (exact) mass is 298 g/mol. The molecule has 1 unspecified atom stereocenters. The standard InChI is InChI=1S/C16H30N2O3/c1-2-14-10-6-5-9-13-18(14)16(21)17-12-8-4-3-7-11-15(19)20/h14H,2-13H2,1H3,(H,17,21)(H,19,20). The van der Waals surface area contributed by atoms with Crippen molar-refractivity contribution in [3.05, 3.63) is 0 Å². The van der Waals surface area contributed by atoms with Crippen LogP contribution in [-0.2, 0) is 4.79 Å². The Balaban J connectivity index is 2.15. The molecule has 2 N–H and O–H groups in total. The molecule has 0 aromatic carbocycles. The van der Waals surface area contributed by atoms with E-state index in [-0.39, 0.29) is 12.5 Å². The summed E-state index contributed by atoms with van der Waals surface area (Å²) >= 11 is 0. The lowest BCUT2D eigenvalue weighted by Gasteiger charge is -2.29. The largest absolute Gasteiger partial charge is 0.481 e. The first-order valence-corrected chi connectivity index (χ1v) is 8.41. The molecule has 5 nitrogen and oxygen atoms in total. The first-order chi connectivity index (χ1) is 10.1. The van der Waals surface area contributed by atoms with Crippen LogP contribution in [0.4, 0.5) is 4.79 Å². The fourth-order valence-corrected chi connectivity index (χ4v) is 2.92. The molecule has 0 aromatic heterocycles. The molecule has 5 heteroatoms. The van der Waals surface area contributed by atoms with Gasteiger partial charge in [0, 0.05) is 25.6 Å². The highest BCUT2D eigenvalue weighted by Gasteiger charge is 2.23. The Morgan fingerprint density at radius 1 is 1.14 bits per heavy atom. The average molecular weight is 298 g/mol. The van der Waals surface area contributed by atoms with E-state index in [4.69, 9.17) is 5.11 Å². The summed E-state index contributed by atoms with van der Waals surface area (Å²) in [5, 5.41) is 11.6. The van der Waals surface area contributed by atoms with Crippen LogP contribution in [0.1, 0.15) is 71.1 Å². The molecule has 0 saturated carbocycles. The van der Waals surface area contributed by atoms with Gasteiger partial charge in [-0.25, -0.2) is 4.79 Å². The number of likely N-dealkylation sites (tertiary alicyclic amines) is 1. The molecule has 1 aliphatic rings. The normalized spacial score (nSPS) is 19.1. The summed E-state index contributed by atoms with van der Waals surface area (Å²) in [6.07, 6.45) is 9.52. The SMILES string of the molecule is CCC1CCCCCN1C(=O)NCCCCCCC(=O)O. The van der Waals surface area contributed by atoms with Crippen LogP contribution in [0, 0.1) is 0 Å². The molecule has 1 saturated heterocycles. The molecule has 0 spiro atoms. The van der Waals surface area contributed by atoms with Crippen molar-refractivity contribution in [2.45, 2.75) is 77.2 Å². The Bertz CT molecular complexity index is 321. The highest BCUT2D eigenvalue weighted by Crippen LogP contribution is 2.19. The molecule has 1 fully saturated rings. The van der Waals surface area contributed by atoms with E-state index in [0.717, 1.165) is 51.5 Å². The number of aliphatic carboxylic acids is 1. The van der Waals surface area contributed by atoms with Crippen LogP contribution in [0.2, 0.25) is 0 Å². The minimum atomic E-state index is -0.727. The first kappa shape index (κ1) is 17.8. The smallest absolute Gasteiger partial charge is 0.317 e. The molecule has 0 radical (unpaired) electrons. The number of carboxylic acids is 1. The number of hydrogen-bond donors (Lipinski definition) is 2. The minimum absolute atomic E-state index is 0.0780. The molecule has 2 amide bonds. The summed E-state index contributed by atoms with van der Waals surface area (Å²) in [4.78, 5) is 24.6. The number of carbonyl (C=O) groups is 2. The summed E-state index contributed by atoms with van der Waals surface area (Å²) in [5.41, 5.74) is 0. The summed E-state index contributed by atoms with van der Waals surface area (Å²) in [7, 11) is 0. The van der Waals surface area contributed by atoms with Crippen LogP contribution in [0.15, 0.2) is 0 Å². The number of amides is 2. The van der Waals surface area contributed by atoms with Crippen molar-refractivity contribution >= 4 is 12.0 Å². The molecule has 0 aromatic rings. The Morgan fingerprint density at radius 2 is 1.90 bits per heavy atom. The van der Waals surface area contributed by atoms with Crippen molar-refractivity contribution in [1.82, 2.24) is 10.2 Å². The van der Waals surface area contributed by atoms with Gasteiger partial charge in [-0.1, -0.05) is 32.6 Å². The van der Waals surface area contributed by atoms with Gasteiger partial charge in [0.25, 0.3) is 0 Å². The minimum Gasteiger partial charge on any atom is -0.481 e. The second-order valence-corrected chi connectivity index (χ2v) is 5.89. The van der Waals surface area contributed by atoms with Crippen LogP contribution in [0.5, 0.6) is 0 Å². The maximum Gasteiger partial charge on any atom is 0.317 e. The zero-order valence-corrected chi connectivity index (χ0v) is 13.3. The average Bonchev–Trinajstić information content (AvgIpc) is 2.70. The Labute approximate surface area is 128 Å². The second-order valence-electron chi connectivity index (χ2n) is 5.89. The van der Waals surface area contributed by atoms with Crippen molar-refractivity contribution in [3.8, 4) is 0 Å². The highest BCUT2D eigenvalue weighted by atomic mass is 16.4. The fraction of sp³-hybridized carbons (Fsp3) is 0.875. The molecule has 122 valence electrons. The van der Waals surface area contributed by atoms with Crippen molar-refractivity contribution < 1.29 is 14.7 Å². The van der Waals surface area contributed by atoms with Crippen LogP contribution in [-0.4, -0.2) is 41.1 Å². The van der Waals surface area contributed by atoms with E-state index < -0.39 is 5.97 Å². The third-order valence-corrected chi connectivity index (χ3v) is 4.20. The van der Waals surface area contributed by atoms with Crippen LogP contribution >= 0.6 is 0 Å². The van der Waals surface area contributed by atoms with Crippen LogP contribution < -0.4 is 5.32 Å². The quantitative estimate of drug-likeness (QED) is 0.675. The van der Waals surface area contributed by atoms with Crippen molar-refractivity contribution in [2.75, 3.05) is 13.1 Å². The molecule has 21 heavy (non-hydrogen) atoms. The van der Waals surface area contributed by atoms with Gasteiger partial charge in [0.05, 0.1) is 0 Å². The van der Waals surface area contributed by atoms with Gasteiger partial charge in [-0.3, -0.25) is 4.79 Å². The maximum atomic E-state index is 12.2. The fourth-order valence-electron chi connectivity index (χ4n) is 2.92. The number of unbranched alkanes of at least 4 members (excludes halogenated alkanes) is 3. The summed E-state index contributed by atoms with van der Waals surface area (Å²) < 4.78 is 0. The topological polar surface area (TPSA) is 69.6 Å². The third kappa shape index (κ3) is 7.34. The summed E-state index contributed by atoms with van der Waals surface area (Å²) in [6, 6.07) is 0.470. The number of urea groups is 1. The van der Waals surface area contributed by atoms with Gasteiger partial charge >= 0.3 is 12.0 Å². The lowest BCUT2D eigenvalue weighted by atomic mass is 10.1. The van der Waals surface area contributed by atoms with Gasteiger partial charge in [-0.05, 0) is 32.1 Å². The van der Waals surface area contributed by atoms with E-state index >= 15 is 0 Å². The van der Waals surface area contributed by atoms with E-state index in [0.29, 0.717) is 12.6 Å². The lowest BCUT2D eigenvalue weighted by molar-refractivity contribution is -0.137. The number of carboxylic acid groups (broad SMARTS) is 1. The molecular formula is C16H30N2O3. The maximum absolute atomic E-state index is 12.2. The Morgan fingerprint density at radius 3 is 2.62 bits per heavy atom. The van der Waals surface area contributed by atoms with E-state index in [1.807, 2.05) is 4.90 Å². The number of nitrogens with one attached hydrogen (secondary N) is 1. The highest BCUT2D eigenvalue weighted by molar-refractivity contribution is 5.74. The second kappa shape index (κ2) is 10.5. The van der Waals surface area contributed by atoms with Gasteiger partial charge in [0.2, 0.25) is 0 Å². The summed E-state index contributed by atoms with van der Waals surface area (Å²) in [6.45, 7) is 3.72. The predicted molar refractivity (Wildman–Crippen MR) is 83.4 cm³/mol. The van der Waals surface area contributed by atoms with Gasteiger partial charge in [-0.2, -0.15) is 0 Å². The third-order valence-electron chi connectivity index (χ3n) is 4.20. The molecule has 0 bridgehead atoms. The number of rotatable bonds is 8. The zero-order valence-electron chi connectivity index (χ0n) is 13.3. The lowest BCUT2D eigenvalue weighted by Crippen LogP contribution is -2.46. The zero-order chi connectivity index (χ0) is 15.5. The summed E-state index contributed by atoms with van der Waals surface area (Å²) in [5.74, 6) is -0.727. The molecular weight excluding hydrogens is 268 g/mol. The van der Waals surface area contributed by atoms with Crippen molar-refractivity contribution in [1.29, 1.82) is 0 Å². The van der Waals surface area contributed by atoms with Crippen LogP contribution in [0.25, 0.3) is 0 Å². The Hall–Kier alpha value is -1.26.